The Kier molecular flexibility index (Phi) is 7.89. The lowest BCUT2D eigenvalue weighted by Gasteiger charge is -2.15. The lowest BCUT2D eigenvalue weighted by atomic mass is 10.2. The fourth-order valence-electron chi connectivity index (χ4n) is 2.63. The van der Waals surface area contributed by atoms with Crippen molar-refractivity contribution in [2.24, 2.45) is 4.99 Å². The molecule has 1 fully saturated rings. The molecular formula is C17H25BrN4O3S. The summed E-state index contributed by atoms with van der Waals surface area (Å²) in [7, 11) is -2.92. The number of hydrogen-bond donors (Lipinski definition) is 3. The van der Waals surface area contributed by atoms with E-state index < -0.39 is 9.84 Å². The third-order valence-electron chi connectivity index (χ3n) is 3.89. The van der Waals surface area contributed by atoms with E-state index in [1.54, 1.807) is 12.1 Å². The van der Waals surface area contributed by atoms with Crippen LogP contribution in [0.3, 0.4) is 0 Å². The number of carbonyl (C=O) groups is 1. The standard InChI is InChI=1S/C17H25BrN4O3S/c1-2-19-17(22-15-7-10-26(24,25)12-15)21-9-4-8-20-16(23)13-5-3-6-14(18)11-13/h3,5-6,11,15H,2,4,7-10,12H2,1H3,(H,20,23)(H2,19,21,22). The van der Waals surface area contributed by atoms with Crippen LogP contribution in [0.4, 0.5) is 0 Å². The van der Waals surface area contributed by atoms with Gasteiger partial charge in [-0.1, -0.05) is 22.0 Å². The first-order valence-corrected chi connectivity index (χ1v) is 11.3. The normalized spacial score (nSPS) is 19.2. The molecule has 0 radical (unpaired) electrons. The Bertz CT molecular complexity index is 752. The second-order valence-electron chi connectivity index (χ2n) is 6.12. The van der Waals surface area contributed by atoms with Gasteiger partial charge in [0.05, 0.1) is 11.5 Å². The van der Waals surface area contributed by atoms with Gasteiger partial charge < -0.3 is 16.0 Å². The molecule has 9 heteroatoms. The van der Waals surface area contributed by atoms with Gasteiger partial charge in [-0.25, -0.2) is 8.42 Å². The number of nitrogens with one attached hydrogen (secondary N) is 3. The topological polar surface area (TPSA) is 99.7 Å². The lowest BCUT2D eigenvalue weighted by Crippen LogP contribution is -2.44. The third kappa shape index (κ3) is 6.95. The molecule has 1 atom stereocenters. The molecule has 144 valence electrons. The molecule has 1 unspecified atom stereocenters. The summed E-state index contributed by atoms with van der Waals surface area (Å²) in [5.74, 6) is 0.885. The summed E-state index contributed by atoms with van der Waals surface area (Å²) < 4.78 is 23.9. The van der Waals surface area contributed by atoms with E-state index in [1.807, 2.05) is 19.1 Å². The molecule has 1 aliphatic rings. The van der Waals surface area contributed by atoms with Gasteiger partial charge in [0.2, 0.25) is 0 Å². The molecule has 0 aromatic heterocycles. The van der Waals surface area contributed by atoms with Crippen LogP contribution in [0.25, 0.3) is 0 Å². The molecule has 0 bridgehead atoms. The molecule has 1 aromatic carbocycles. The molecule has 1 aliphatic heterocycles. The predicted molar refractivity (Wildman–Crippen MR) is 107 cm³/mol. The third-order valence-corrected chi connectivity index (χ3v) is 6.16. The second-order valence-corrected chi connectivity index (χ2v) is 9.27. The first kappa shape index (κ1) is 20.7. The maximum absolute atomic E-state index is 12.0. The summed E-state index contributed by atoms with van der Waals surface area (Å²) in [6.07, 6.45) is 1.30. The van der Waals surface area contributed by atoms with Crippen molar-refractivity contribution >= 4 is 37.6 Å². The summed E-state index contributed by atoms with van der Waals surface area (Å²) in [6, 6.07) is 7.14. The average Bonchev–Trinajstić information content (AvgIpc) is 2.93. The van der Waals surface area contributed by atoms with E-state index in [2.05, 4.69) is 36.9 Å². The summed E-state index contributed by atoms with van der Waals surface area (Å²) in [6.45, 7) is 3.71. The first-order valence-electron chi connectivity index (χ1n) is 8.68. The van der Waals surface area contributed by atoms with Gasteiger partial charge in [0.15, 0.2) is 15.8 Å². The van der Waals surface area contributed by atoms with E-state index in [9.17, 15) is 13.2 Å². The van der Waals surface area contributed by atoms with Crippen LogP contribution in [-0.2, 0) is 9.84 Å². The number of rotatable bonds is 7. The maximum Gasteiger partial charge on any atom is 0.251 e. The van der Waals surface area contributed by atoms with Crippen LogP contribution in [0, 0.1) is 0 Å². The zero-order valence-corrected chi connectivity index (χ0v) is 17.2. The number of amides is 1. The van der Waals surface area contributed by atoms with E-state index in [4.69, 9.17) is 0 Å². The Morgan fingerprint density at radius 3 is 2.81 bits per heavy atom. The van der Waals surface area contributed by atoms with Crippen LogP contribution in [0.1, 0.15) is 30.1 Å². The van der Waals surface area contributed by atoms with Crippen molar-refractivity contribution in [3.05, 3.63) is 34.3 Å². The molecule has 0 aliphatic carbocycles. The molecule has 0 saturated carbocycles. The van der Waals surface area contributed by atoms with Gasteiger partial charge in [-0.05, 0) is 38.0 Å². The van der Waals surface area contributed by atoms with Crippen LogP contribution >= 0.6 is 15.9 Å². The van der Waals surface area contributed by atoms with Crippen molar-refractivity contribution in [2.75, 3.05) is 31.1 Å². The molecule has 1 heterocycles. The Balaban J connectivity index is 1.75. The molecule has 26 heavy (non-hydrogen) atoms. The SMILES string of the molecule is CCNC(=NCCCNC(=O)c1cccc(Br)c1)NC1CCS(=O)(=O)C1. The number of halogens is 1. The minimum Gasteiger partial charge on any atom is -0.357 e. The Morgan fingerprint density at radius 2 is 2.15 bits per heavy atom. The van der Waals surface area contributed by atoms with Gasteiger partial charge >= 0.3 is 0 Å². The van der Waals surface area contributed by atoms with Crippen molar-refractivity contribution < 1.29 is 13.2 Å². The van der Waals surface area contributed by atoms with E-state index in [-0.39, 0.29) is 23.5 Å². The highest BCUT2D eigenvalue weighted by Crippen LogP contribution is 2.12. The van der Waals surface area contributed by atoms with Crippen LogP contribution < -0.4 is 16.0 Å². The molecule has 1 amide bonds. The average molecular weight is 445 g/mol. The molecule has 3 N–H and O–H groups in total. The van der Waals surface area contributed by atoms with Crippen LogP contribution in [0.5, 0.6) is 0 Å². The van der Waals surface area contributed by atoms with Crippen LogP contribution in [0.15, 0.2) is 33.7 Å². The van der Waals surface area contributed by atoms with Crippen molar-refractivity contribution in [3.8, 4) is 0 Å². The van der Waals surface area contributed by atoms with Crippen molar-refractivity contribution in [3.63, 3.8) is 0 Å². The Morgan fingerprint density at radius 1 is 1.35 bits per heavy atom. The number of guanidine groups is 1. The van der Waals surface area contributed by atoms with Crippen LogP contribution in [-0.4, -0.2) is 57.5 Å². The quantitative estimate of drug-likeness (QED) is 0.334. The van der Waals surface area contributed by atoms with Gasteiger partial charge in [0.25, 0.3) is 5.91 Å². The fraction of sp³-hybridized carbons (Fsp3) is 0.529. The van der Waals surface area contributed by atoms with Gasteiger partial charge in [-0.2, -0.15) is 0 Å². The predicted octanol–water partition coefficient (Wildman–Crippen LogP) is 1.31. The number of sulfone groups is 1. The largest absolute Gasteiger partial charge is 0.357 e. The monoisotopic (exact) mass is 444 g/mol. The van der Waals surface area contributed by atoms with Gasteiger partial charge in [0.1, 0.15) is 0 Å². The van der Waals surface area contributed by atoms with Gasteiger partial charge in [-0.3, -0.25) is 9.79 Å². The Hall–Kier alpha value is -1.61. The number of hydrogen-bond acceptors (Lipinski definition) is 4. The minimum absolute atomic E-state index is 0.0889. The number of aliphatic imine (C=N–C) groups is 1. The summed E-state index contributed by atoms with van der Waals surface area (Å²) in [5, 5.41) is 9.16. The highest BCUT2D eigenvalue weighted by Gasteiger charge is 2.28. The van der Waals surface area contributed by atoms with Crippen molar-refractivity contribution in [1.29, 1.82) is 0 Å². The Labute approximate surface area is 163 Å². The highest BCUT2D eigenvalue weighted by molar-refractivity contribution is 9.10. The first-order chi connectivity index (χ1) is 12.4. The second kappa shape index (κ2) is 9.91. The van der Waals surface area contributed by atoms with Gasteiger partial charge in [-0.15, -0.1) is 0 Å². The zero-order valence-electron chi connectivity index (χ0n) is 14.8. The minimum atomic E-state index is -2.92. The summed E-state index contributed by atoms with van der Waals surface area (Å²) >= 11 is 3.35. The molecule has 1 saturated heterocycles. The maximum atomic E-state index is 12.0. The number of carbonyl (C=O) groups excluding carboxylic acids is 1. The van der Waals surface area contributed by atoms with Crippen molar-refractivity contribution in [1.82, 2.24) is 16.0 Å². The van der Waals surface area contributed by atoms with Gasteiger partial charge in [0, 0.05) is 35.7 Å². The lowest BCUT2D eigenvalue weighted by molar-refractivity contribution is 0.0953. The van der Waals surface area contributed by atoms with E-state index in [1.165, 1.54) is 0 Å². The van der Waals surface area contributed by atoms with Crippen LogP contribution in [0.2, 0.25) is 0 Å². The van der Waals surface area contributed by atoms with E-state index in [0.29, 0.717) is 44.0 Å². The summed E-state index contributed by atoms with van der Waals surface area (Å²) in [5.41, 5.74) is 0.611. The number of nitrogens with zero attached hydrogens (tertiary/aromatic N) is 1. The molecule has 0 spiro atoms. The fourth-order valence-corrected chi connectivity index (χ4v) is 4.70. The molecule has 1 aromatic rings. The van der Waals surface area contributed by atoms with E-state index >= 15 is 0 Å². The van der Waals surface area contributed by atoms with Crippen molar-refractivity contribution in [2.45, 2.75) is 25.8 Å². The number of benzene rings is 1. The summed E-state index contributed by atoms with van der Waals surface area (Å²) in [4.78, 5) is 16.5. The molecular weight excluding hydrogens is 420 g/mol. The smallest absolute Gasteiger partial charge is 0.251 e. The highest BCUT2D eigenvalue weighted by atomic mass is 79.9. The molecule has 7 nitrogen and oxygen atoms in total. The zero-order chi connectivity index (χ0) is 19.0. The molecule has 2 rings (SSSR count). The van der Waals surface area contributed by atoms with E-state index in [0.717, 1.165) is 4.47 Å².